The fraction of sp³-hybridized carbons (Fsp3) is 0.500. The first-order valence-electron chi connectivity index (χ1n) is 5.82. The van der Waals surface area contributed by atoms with Crippen LogP contribution in [0.5, 0.6) is 0 Å². The van der Waals surface area contributed by atoms with Crippen LogP contribution in [0.15, 0.2) is 20.7 Å². The van der Waals surface area contributed by atoms with Gasteiger partial charge in [-0.15, -0.1) is 12.6 Å². The largest absolute Gasteiger partial charge is 0.345 e. The molecule has 0 spiro atoms. The maximum atomic E-state index is 12.0. The quantitative estimate of drug-likeness (QED) is 0.812. The van der Waals surface area contributed by atoms with Crippen LogP contribution in [0.1, 0.15) is 25.5 Å². The summed E-state index contributed by atoms with van der Waals surface area (Å²) in [5.41, 5.74) is 0.310. The van der Waals surface area contributed by atoms with Crippen molar-refractivity contribution >= 4 is 18.3 Å². The summed E-state index contributed by atoms with van der Waals surface area (Å²) < 4.78 is 2.51. The number of nitrogens with zero attached hydrogens (tertiary/aromatic N) is 2. The van der Waals surface area contributed by atoms with Gasteiger partial charge in [-0.3, -0.25) is 13.9 Å². The molecule has 5 nitrogen and oxygen atoms in total. The zero-order valence-electron chi connectivity index (χ0n) is 11.1. The Morgan fingerprint density at radius 1 is 1.33 bits per heavy atom. The molecule has 0 radical (unpaired) electrons. The second kappa shape index (κ2) is 5.95. The van der Waals surface area contributed by atoms with E-state index < -0.39 is 0 Å². The first kappa shape index (κ1) is 14.6. The zero-order valence-corrected chi connectivity index (χ0v) is 12.0. The van der Waals surface area contributed by atoms with Crippen LogP contribution in [0.2, 0.25) is 0 Å². The fourth-order valence-corrected chi connectivity index (χ4v) is 1.79. The summed E-state index contributed by atoms with van der Waals surface area (Å²) in [6, 6.07) is 0. The highest BCUT2D eigenvalue weighted by Crippen LogP contribution is 2.11. The molecule has 0 aliphatic heterocycles. The molecule has 1 heterocycles. The van der Waals surface area contributed by atoms with E-state index in [4.69, 9.17) is 0 Å². The van der Waals surface area contributed by atoms with E-state index >= 15 is 0 Å². The first-order valence-corrected chi connectivity index (χ1v) is 6.27. The monoisotopic (exact) mass is 269 g/mol. The molecule has 0 bridgehead atoms. The van der Waals surface area contributed by atoms with E-state index in [9.17, 15) is 9.59 Å². The number of unbranched alkanes of at least 4 members (excludes halogenated alkanes) is 1. The standard InChI is InChI=1S/C12H19N3O2S/c1-5-6-7-9(18)13-10-8(2)14(3)12(17)15(4)11(10)16/h7,13,18H,5-6H2,1-4H3/b9-7-. The maximum Gasteiger partial charge on any atom is 0.330 e. The summed E-state index contributed by atoms with van der Waals surface area (Å²) in [6.07, 6.45) is 3.81. The lowest BCUT2D eigenvalue weighted by atomic mass is 10.3. The number of anilines is 1. The van der Waals surface area contributed by atoms with E-state index in [1.54, 1.807) is 14.0 Å². The molecule has 0 aromatic carbocycles. The Labute approximate surface area is 112 Å². The average Bonchev–Trinajstić information content (AvgIpc) is 2.36. The summed E-state index contributed by atoms with van der Waals surface area (Å²) in [4.78, 5) is 23.7. The van der Waals surface area contributed by atoms with Crippen molar-refractivity contribution in [3.05, 3.63) is 37.6 Å². The van der Waals surface area contributed by atoms with Crippen molar-refractivity contribution in [2.75, 3.05) is 5.32 Å². The lowest BCUT2D eigenvalue weighted by molar-refractivity contribution is 0.671. The normalized spacial score (nSPS) is 11.7. The highest BCUT2D eigenvalue weighted by atomic mass is 32.1. The number of thiol groups is 1. The molecule has 1 aromatic rings. The minimum absolute atomic E-state index is 0.332. The van der Waals surface area contributed by atoms with Gasteiger partial charge in [0.2, 0.25) is 0 Å². The van der Waals surface area contributed by atoms with Crippen molar-refractivity contribution in [2.45, 2.75) is 26.7 Å². The molecule has 0 aliphatic rings. The van der Waals surface area contributed by atoms with Gasteiger partial charge in [-0.1, -0.05) is 19.4 Å². The van der Waals surface area contributed by atoms with Crippen LogP contribution >= 0.6 is 12.6 Å². The van der Waals surface area contributed by atoms with Gasteiger partial charge in [0.15, 0.2) is 0 Å². The highest BCUT2D eigenvalue weighted by molar-refractivity contribution is 7.84. The van der Waals surface area contributed by atoms with Crippen molar-refractivity contribution < 1.29 is 0 Å². The van der Waals surface area contributed by atoms with E-state index in [2.05, 4.69) is 24.9 Å². The van der Waals surface area contributed by atoms with E-state index in [1.165, 1.54) is 11.6 Å². The van der Waals surface area contributed by atoms with Crippen molar-refractivity contribution in [2.24, 2.45) is 14.1 Å². The van der Waals surface area contributed by atoms with E-state index in [-0.39, 0.29) is 11.2 Å². The Bertz CT molecular complexity index is 584. The van der Waals surface area contributed by atoms with E-state index in [0.29, 0.717) is 16.4 Å². The molecule has 6 heteroatoms. The van der Waals surface area contributed by atoms with Crippen molar-refractivity contribution in [1.82, 2.24) is 9.13 Å². The van der Waals surface area contributed by atoms with Crippen molar-refractivity contribution in [1.29, 1.82) is 0 Å². The van der Waals surface area contributed by atoms with Crippen LogP contribution in [0.25, 0.3) is 0 Å². The number of hydrogen-bond acceptors (Lipinski definition) is 4. The Morgan fingerprint density at radius 2 is 1.94 bits per heavy atom. The third kappa shape index (κ3) is 2.87. The lowest BCUT2D eigenvalue weighted by Gasteiger charge is -2.13. The Hall–Kier alpha value is -1.43. The Kier molecular flexibility index (Phi) is 4.84. The first-order chi connectivity index (χ1) is 8.40. The van der Waals surface area contributed by atoms with Gasteiger partial charge < -0.3 is 5.32 Å². The van der Waals surface area contributed by atoms with Crippen LogP contribution in [0, 0.1) is 6.92 Å². The molecule has 1 rings (SSSR count). The van der Waals surface area contributed by atoms with Crippen LogP contribution in [-0.2, 0) is 14.1 Å². The second-order valence-electron chi connectivity index (χ2n) is 4.17. The minimum Gasteiger partial charge on any atom is -0.345 e. The SMILES string of the molecule is CCC/C=C(\S)Nc1c(C)n(C)c(=O)n(C)c1=O. The summed E-state index contributed by atoms with van der Waals surface area (Å²) in [6.45, 7) is 3.79. The van der Waals surface area contributed by atoms with E-state index in [0.717, 1.165) is 17.4 Å². The maximum absolute atomic E-state index is 12.0. The van der Waals surface area contributed by atoms with Crippen LogP contribution in [0.3, 0.4) is 0 Å². The molecular weight excluding hydrogens is 250 g/mol. The summed E-state index contributed by atoms with van der Waals surface area (Å²) >= 11 is 4.28. The molecule has 0 atom stereocenters. The van der Waals surface area contributed by atoms with E-state index in [1.807, 2.05) is 6.08 Å². The van der Waals surface area contributed by atoms with Gasteiger partial charge in [0, 0.05) is 19.8 Å². The topological polar surface area (TPSA) is 56.0 Å². The molecule has 0 aliphatic carbocycles. The van der Waals surface area contributed by atoms with Crippen molar-refractivity contribution in [3.63, 3.8) is 0 Å². The highest BCUT2D eigenvalue weighted by Gasteiger charge is 2.11. The molecule has 18 heavy (non-hydrogen) atoms. The molecule has 0 unspecified atom stereocenters. The third-order valence-electron chi connectivity index (χ3n) is 2.84. The summed E-state index contributed by atoms with van der Waals surface area (Å²) in [5.74, 6) is 0. The molecule has 1 N–H and O–H groups in total. The number of aromatic nitrogens is 2. The van der Waals surface area contributed by atoms with Gasteiger partial charge in [-0.05, 0) is 13.3 Å². The molecule has 100 valence electrons. The van der Waals surface area contributed by atoms with Crippen LogP contribution < -0.4 is 16.6 Å². The number of rotatable bonds is 4. The average molecular weight is 269 g/mol. The molecule has 0 amide bonds. The Balaban J connectivity index is 3.27. The molecule has 0 fully saturated rings. The van der Waals surface area contributed by atoms with Crippen LogP contribution in [-0.4, -0.2) is 9.13 Å². The second-order valence-corrected chi connectivity index (χ2v) is 4.65. The number of hydrogen-bond donors (Lipinski definition) is 2. The van der Waals surface area contributed by atoms with Gasteiger partial charge in [-0.25, -0.2) is 4.79 Å². The van der Waals surface area contributed by atoms with Gasteiger partial charge in [-0.2, -0.15) is 0 Å². The van der Waals surface area contributed by atoms with Gasteiger partial charge in [0.1, 0.15) is 5.69 Å². The summed E-state index contributed by atoms with van der Waals surface area (Å²) in [7, 11) is 3.10. The van der Waals surface area contributed by atoms with Gasteiger partial charge in [0.05, 0.1) is 5.03 Å². The predicted molar refractivity (Wildman–Crippen MR) is 77.3 cm³/mol. The fourth-order valence-electron chi connectivity index (χ4n) is 1.55. The van der Waals surface area contributed by atoms with Crippen LogP contribution in [0.4, 0.5) is 5.69 Å². The number of nitrogens with one attached hydrogen (secondary N) is 1. The molecule has 1 aromatic heterocycles. The lowest BCUT2D eigenvalue weighted by Crippen LogP contribution is -2.39. The van der Waals surface area contributed by atoms with Gasteiger partial charge in [0.25, 0.3) is 5.56 Å². The minimum atomic E-state index is -0.341. The third-order valence-corrected chi connectivity index (χ3v) is 3.13. The smallest absolute Gasteiger partial charge is 0.330 e. The molecule has 0 saturated heterocycles. The molecule has 0 saturated carbocycles. The van der Waals surface area contributed by atoms with Gasteiger partial charge >= 0.3 is 5.69 Å². The summed E-state index contributed by atoms with van der Waals surface area (Å²) in [5, 5.41) is 3.58. The van der Waals surface area contributed by atoms with Crippen molar-refractivity contribution in [3.8, 4) is 0 Å². The molecular formula is C12H19N3O2S. The Morgan fingerprint density at radius 3 is 2.50 bits per heavy atom. The predicted octanol–water partition coefficient (Wildman–Crippen LogP) is 1.38. The zero-order chi connectivity index (χ0) is 13.9. The number of allylic oxidation sites excluding steroid dienone is 1.